The summed E-state index contributed by atoms with van der Waals surface area (Å²) in [5, 5.41) is 20.0. The van der Waals surface area contributed by atoms with Crippen molar-refractivity contribution in [2.45, 2.75) is 38.3 Å². The molecule has 2 aromatic rings. The van der Waals surface area contributed by atoms with Crippen molar-refractivity contribution in [2.75, 3.05) is 13.2 Å². The molecule has 0 amide bonds. The Bertz CT molecular complexity index is 621. The molecule has 0 aliphatic rings. The van der Waals surface area contributed by atoms with Crippen LogP contribution >= 0.6 is 0 Å². The van der Waals surface area contributed by atoms with Gasteiger partial charge in [0.15, 0.2) is 0 Å². The minimum atomic E-state index is -0.791. The molecular weight excluding hydrogens is 352 g/mol. The lowest BCUT2D eigenvalue weighted by Gasteiger charge is -2.14. The Labute approximate surface area is 167 Å². The highest BCUT2D eigenvalue weighted by atomic mass is 16.5. The van der Waals surface area contributed by atoms with Gasteiger partial charge in [-0.1, -0.05) is 85.0 Å². The van der Waals surface area contributed by atoms with E-state index in [1.54, 1.807) is 0 Å². The van der Waals surface area contributed by atoms with Crippen LogP contribution in [0, 0.1) is 0 Å². The van der Waals surface area contributed by atoms with Gasteiger partial charge in [-0.3, -0.25) is 0 Å². The normalized spacial score (nSPS) is 13.9. The SMILES string of the molecule is O[C@@H](C/C=C/COCc1ccccc1)[C@@H](O)C/C=C/COCc1ccccc1. The molecule has 4 heteroatoms. The minimum Gasteiger partial charge on any atom is -0.390 e. The van der Waals surface area contributed by atoms with Crippen LogP contribution in [-0.2, 0) is 22.7 Å². The third-order valence-corrected chi connectivity index (χ3v) is 4.18. The van der Waals surface area contributed by atoms with E-state index in [1.807, 2.05) is 85.0 Å². The number of rotatable bonds is 13. The van der Waals surface area contributed by atoms with Gasteiger partial charge in [-0.05, 0) is 24.0 Å². The summed E-state index contributed by atoms with van der Waals surface area (Å²) >= 11 is 0. The zero-order chi connectivity index (χ0) is 19.9. The van der Waals surface area contributed by atoms with Crippen molar-refractivity contribution in [3.8, 4) is 0 Å². The summed E-state index contributed by atoms with van der Waals surface area (Å²) in [5.74, 6) is 0. The lowest BCUT2D eigenvalue weighted by Crippen LogP contribution is -2.24. The summed E-state index contributed by atoms with van der Waals surface area (Å²) in [4.78, 5) is 0. The van der Waals surface area contributed by atoms with E-state index in [1.165, 1.54) is 0 Å². The molecule has 0 aliphatic carbocycles. The van der Waals surface area contributed by atoms with Crippen LogP contribution in [0.4, 0.5) is 0 Å². The molecule has 2 N–H and O–H groups in total. The van der Waals surface area contributed by atoms with Crippen LogP contribution in [0.15, 0.2) is 85.0 Å². The maximum absolute atomic E-state index is 10.00. The first-order valence-corrected chi connectivity index (χ1v) is 9.65. The van der Waals surface area contributed by atoms with Gasteiger partial charge < -0.3 is 19.7 Å². The van der Waals surface area contributed by atoms with Gasteiger partial charge in [0.1, 0.15) is 0 Å². The van der Waals surface area contributed by atoms with E-state index < -0.39 is 12.2 Å². The van der Waals surface area contributed by atoms with Crippen molar-refractivity contribution in [3.63, 3.8) is 0 Å². The molecule has 28 heavy (non-hydrogen) atoms. The standard InChI is InChI=1S/C24H30O4/c25-23(15-7-9-17-27-19-21-11-3-1-4-12-21)24(26)16-8-10-18-28-20-22-13-5-2-6-14-22/h1-14,23-26H,15-20H2/b9-7+,10-8+/t23-,24-/m0/s1. The highest BCUT2D eigenvalue weighted by molar-refractivity contribution is 5.14. The molecule has 150 valence electrons. The minimum absolute atomic E-state index is 0.397. The predicted molar refractivity (Wildman–Crippen MR) is 112 cm³/mol. The highest BCUT2D eigenvalue weighted by Gasteiger charge is 2.12. The predicted octanol–water partition coefficient (Wildman–Crippen LogP) is 4.03. The summed E-state index contributed by atoms with van der Waals surface area (Å²) in [6.45, 7) is 2.09. The van der Waals surface area contributed by atoms with Gasteiger partial charge in [0, 0.05) is 0 Å². The largest absolute Gasteiger partial charge is 0.390 e. The molecule has 0 aliphatic heterocycles. The van der Waals surface area contributed by atoms with Gasteiger partial charge in [0.05, 0.1) is 38.6 Å². The average molecular weight is 383 g/mol. The maximum atomic E-state index is 10.00. The maximum Gasteiger partial charge on any atom is 0.0836 e. The van der Waals surface area contributed by atoms with E-state index in [2.05, 4.69) is 0 Å². The van der Waals surface area contributed by atoms with Gasteiger partial charge in [-0.25, -0.2) is 0 Å². The van der Waals surface area contributed by atoms with Crippen molar-refractivity contribution in [3.05, 3.63) is 96.1 Å². The van der Waals surface area contributed by atoms with E-state index in [9.17, 15) is 10.2 Å². The molecule has 0 heterocycles. The summed E-state index contributed by atoms with van der Waals surface area (Å²) in [6.07, 6.45) is 6.62. The molecule has 0 spiro atoms. The molecule has 0 aromatic heterocycles. The fraction of sp³-hybridized carbons (Fsp3) is 0.333. The van der Waals surface area contributed by atoms with Gasteiger partial charge in [-0.2, -0.15) is 0 Å². The smallest absolute Gasteiger partial charge is 0.0836 e. The van der Waals surface area contributed by atoms with Crippen LogP contribution in [-0.4, -0.2) is 35.6 Å². The van der Waals surface area contributed by atoms with Crippen LogP contribution in [0.2, 0.25) is 0 Å². The lowest BCUT2D eigenvalue weighted by molar-refractivity contribution is 0.0235. The molecule has 2 aromatic carbocycles. The van der Waals surface area contributed by atoms with Crippen LogP contribution in [0.5, 0.6) is 0 Å². The second kappa shape index (κ2) is 13.9. The number of hydrogen-bond donors (Lipinski definition) is 2. The van der Waals surface area contributed by atoms with Gasteiger partial charge in [0.2, 0.25) is 0 Å². The number of aliphatic hydroxyl groups excluding tert-OH is 2. The molecule has 2 atom stereocenters. The van der Waals surface area contributed by atoms with E-state index in [0.29, 0.717) is 39.3 Å². The van der Waals surface area contributed by atoms with Gasteiger partial charge >= 0.3 is 0 Å². The fourth-order valence-corrected chi connectivity index (χ4v) is 2.56. The fourth-order valence-electron chi connectivity index (χ4n) is 2.56. The van der Waals surface area contributed by atoms with Crippen LogP contribution in [0.3, 0.4) is 0 Å². The third-order valence-electron chi connectivity index (χ3n) is 4.18. The first kappa shape index (κ1) is 22.1. The Morgan fingerprint density at radius 1 is 0.607 bits per heavy atom. The lowest BCUT2D eigenvalue weighted by atomic mass is 10.1. The van der Waals surface area contributed by atoms with Crippen molar-refractivity contribution in [1.29, 1.82) is 0 Å². The van der Waals surface area contributed by atoms with E-state index >= 15 is 0 Å². The van der Waals surface area contributed by atoms with Crippen LogP contribution < -0.4 is 0 Å². The summed E-state index contributed by atoms with van der Waals surface area (Å²) in [6, 6.07) is 20.0. The Kier molecular flexibility index (Phi) is 10.9. The quantitative estimate of drug-likeness (QED) is 0.406. The first-order chi connectivity index (χ1) is 13.8. The monoisotopic (exact) mass is 382 g/mol. The molecule has 0 fully saturated rings. The molecule has 0 saturated heterocycles. The molecule has 0 saturated carbocycles. The zero-order valence-electron chi connectivity index (χ0n) is 16.2. The Morgan fingerprint density at radius 3 is 1.39 bits per heavy atom. The van der Waals surface area contributed by atoms with Crippen LogP contribution in [0.25, 0.3) is 0 Å². The third kappa shape index (κ3) is 9.62. The van der Waals surface area contributed by atoms with Gasteiger partial charge in [0.25, 0.3) is 0 Å². The van der Waals surface area contributed by atoms with Crippen molar-refractivity contribution in [1.82, 2.24) is 0 Å². The first-order valence-electron chi connectivity index (χ1n) is 9.65. The molecular formula is C24H30O4. The zero-order valence-corrected chi connectivity index (χ0v) is 16.2. The average Bonchev–Trinajstić information content (AvgIpc) is 2.74. The topological polar surface area (TPSA) is 58.9 Å². The summed E-state index contributed by atoms with van der Waals surface area (Å²) < 4.78 is 11.1. The van der Waals surface area contributed by atoms with E-state index in [4.69, 9.17) is 9.47 Å². The van der Waals surface area contributed by atoms with Crippen molar-refractivity contribution in [2.24, 2.45) is 0 Å². The molecule has 0 bridgehead atoms. The van der Waals surface area contributed by atoms with Crippen molar-refractivity contribution < 1.29 is 19.7 Å². The number of benzene rings is 2. The second-order valence-corrected chi connectivity index (χ2v) is 6.55. The van der Waals surface area contributed by atoms with E-state index in [0.717, 1.165) is 11.1 Å². The highest BCUT2D eigenvalue weighted by Crippen LogP contribution is 2.06. The van der Waals surface area contributed by atoms with E-state index in [-0.39, 0.29) is 0 Å². The Hall–Kier alpha value is -2.24. The summed E-state index contributed by atoms with van der Waals surface area (Å²) in [5.41, 5.74) is 2.26. The van der Waals surface area contributed by atoms with Gasteiger partial charge in [-0.15, -0.1) is 0 Å². The molecule has 4 nitrogen and oxygen atoms in total. The Morgan fingerprint density at radius 2 is 1.00 bits per heavy atom. The second-order valence-electron chi connectivity index (χ2n) is 6.55. The Balaban J connectivity index is 1.51. The molecule has 2 rings (SSSR count). The summed E-state index contributed by atoms with van der Waals surface area (Å²) in [7, 11) is 0. The molecule has 0 unspecified atom stereocenters. The number of hydrogen-bond acceptors (Lipinski definition) is 4. The number of ether oxygens (including phenoxy) is 2. The molecule has 0 radical (unpaired) electrons. The van der Waals surface area contributed by atoms with Crippen LogP contribution in [0.1, 0.15) is 24.0 Å². The van der Waals surface area contributed by atoms with Crippen molar-refractivity contribution >= 4 is 0 Å². The number of aliphatic hydroxyl groups is 2.